The highest BCUT2D eigenvalue weighted by molar-refractivity contribution is 5.80. The molecule has 0 saturated heterocycles. The van der Waals surface area contributed by atoms with Crippen molar-refractivity contribution in [3.05, 3.63) is 124 Å². The number of aromatic nitrogens is 3. The molecule has 3 aromatic carbocycles. The highest BCUT2D eigenvalue weighted by atomic mass is 16.5. The molecule has 0 atom stereocenters. The average Bonchev–Trinajstić information content (AvgIpc) is 3.20. The predicted octanol–water partition coefficient (Wildman–Crippen LogP) is 5.17. The van der Waals surface area contributed by atoms with E-state index in [4.69, 9.17) is 9.72 Å². The normalized spacial score (nSPS) is 11.0. The molecule has 0 aliphatic carbocycles. The van der Waals surface area contributed by atoms with Crippen molar-refractivity contribution in [1.29, 1.82) is 0 Å². The second-order valence-corrected chi connectivity index (χ2v) is 7.74. The third-order valence-electron chi connectivity index (χ3n) is 5.57. The van der Waals surface area contributed by atoms with Crippen molar-refractivity contribution in [3.63, 3.8) is 0 Å². The highest BCUT2D eigenvalue weighted by Gasteiger charge is 2.20. The largest absolute Gasteiger partial charge is 0.487 e. The van der Waals surface area contributed by atoms with Crippen LogP contribution in [0.2, 0.25) is 0 Å². The lowest BCUT2D eigenvalue weighted by molar-refractivity contribution is 0.301. The van der Waals surface area contributed by atoms with Gasteiger partial charge in [0.05, 0.1) is 11.3 Å². The van der Waals surface area contributed by atoms with Crippen LogP contribution >= 0.6 is 0 Å². The molecule has 5 nitrogen and oxygen atoms in total. The van der Waals surface area contributed by atoms with Crippen LogP contribution in [-0.4, -0.2) is 14.6 Å². The first-order valence-electron chi connectivity index (χ1n) is 10.6. The number of hydrogen-bond acceptors (Lipinski definition) is 3. The second-order valence-electron chi connectivity index (χ2n) is 7.74. The second kappa shape index (κ2) is 8.55. The van der Waals surface area contributed by atoms with E-state index >= 15 is 0 Å². The standard InChI is InChI=1S/C27H23N3O2/c1-19-23(17-20-11-5-2-6-12-20)27(31)30-26(28-19)25(21-13-7-3-8-14-21)24(29-30)18-32-22-15-9-4-10-16-22/h2-16,29H,17-18H2,1H3. The molecular formula is C27H23N3O2. The minimum absolute atomic E-state index is 0.0838. The molecule has 0 saturated carbocycles. The maximum atomic E-state index is 13.5. The fourth-order valence-electron chi connectivity index (χ4n) is 3.95. The van der Waals surface area contributed by atoms with Crippen molar-refractivity contribution in [2.75, 3.05) is 0 Å². The molecule has 1 N–H and O–H groups in total. The minimum atomic E-state index is -0.0838. The summed E-state index contributed by atoms with van der Waals surface area (Å²) in [5.41, 5.74) is 5.71. The van der Waals surface area contributed by atoms with E-state index in [1.165, 1.54) is 0 Å². The predicted molar refractivity (Wildman–Crippen MR) is 126 cm³/mol. The van der Waals surface area contributed by atoms with Crippen molar-refractivity contribution >= 4 is 5.65 Å². The topological polar surface area (TPSA) is 59.4 Å². The number of nitrogens with zero attached hydrogens (tertiary/aromatic N) is 2. The molecule has 0 amide bonds. The maximum absolute atomic E-state index is 13.5. The Kier molecular flexibility index (Phi) is 5.30. The average molecular weight is 422 g/mol. The Hall–Kier alpha value is -4.12. The first-order chi connectivity index (χ1) is 15.7. The summed E-state index contributed by atoms with van der Waals surface area (Å²) >= 11 is 0. The number of fused-ring (bicyclic) bond motifs is 1. The van der Waals surface area contributed by atoms with E-state index in [0.717, 1.165) is 33.8 Å². The van der Waals surface area contributed by atoms with Crippen LogP contribution in [0.25, 0.3) is 16.8 Å². The van der Waals surface area contributed by atoms with Crippen LogP contribution in [-0.2, 0) is 13.0 Å². The minimum Gasteiger partial charge on any atom is -0.487 e. The summed E-state index contributed by atoms with van der Waals surface area (Å²) in [5.74, 6) is 0.770. The van der Waals surface area contributed by atoms with Gasteiger partial charge >= 0.3 is 0 Å². The van der Waals surface area contributed by atoms with E-state index in [9.17, 15) is 4.79 Å². The van der Waals surface area contributed by atoms with Gasteiger partial charge in [-0.3, -0.25) is 9.89 Å². The Morgan fingerprint density at radius 2 is 1.50 bits per heavy atom. The fraction of sp³-hybridized carbons (Fsp3) is 0.111. The molecule has 2 aromatic heterocycles. The first kappa shape index (κ1) is 19.8. The Morgan fingerprint density at radius 1 is 0.875 bits per heavy atom. The monoisotopic (exact) mass is 421 g/mol. The van der Waals surface area contributed by atoms with Gasteiger partial charge in [-0.2, -0.15) is 0 Å². The molecule has 0 fully saturated rings. The first-order valence-corrected chi connectivity index (χ1v) is 10.6. The number of ether oxygens (including phenoxy) is 1. The summed E-state index contributed by atoms with van der Waals surface area (Å²) in [6.45, 7) is 2.20. The van der Waals surface area contributed by atoms with E-state index in [2.05, 4.69) is 5.10 Å². The summed E-state index contributed by atoms with van der Waals surface area (Å²) < 4.78 is 7.56. The highest BCUT2D eigenvalue weighted by Crippen LogP contribution is 2.28. The molecule has 0 radical (unpaired) electrons. The van der Waals surface area contributed by atoms with E-state index in [0.29, 0.717) is 24.2 Å². The number of aryl methyl sites for hydroxylation is 1. The Labute approximate surface area is 185 Å². The van der Waals surface area contributed by atoms with Crippen LogP contribution < -0.4 is 10.3 Å². The molecule has 0 aliphatic heterocycles. The quantitative estimate of drug-likeness (QED) is 0.412. The third-order valence-corrected chi connectivity index (χ3v) is 5.57. The molecule has 2 heterocycles. The van der Waals surface area contributed by atoms with Gasteiger partial charge in [0.15, 0.2) is 5.65 Å². The van der Waals surface area contributed by atoms with Crippen LogP contribution in [0, 0.1) is 6.92 Å². The van der Waals surface area contributed by atoms with Crippen LogP contribution in [0.3, 0.4) is 0 Å². The van der Waals surface area contributed by atoms with Crippen LogP contribution in [0.4, 0.5) is 0 Å². The van der Waals surface area contributed by atoms with Crippen LogP contribution in [0.15, 0.2) is 95.8 Å². The zero-order chi connectivity index (χ0) is 21.9. The number of para-hydroxylation sites is 1. The number of rotatable bonds is 6. The van der Waals surface area contributed by atoms with Gasteiger partial charge in [0.25, 0.3) is 5.56 Å². The maximum Gasteiger partial charge on any atom is 0.276 e. The van der Waals surface area contributed by atoms with Crippen molar-refractivity contribution in [3.8, 4) is 16.9 Å². The molecular weight excluding hydrogens is 398 g/mol. The van der Waals surface area contributed by atoms with E-state index in [-0.39, 0.29) is 5.56 Å². The zero-order valence-corrected chi connectivity index (χ0v) is 17.8. The van der Waals surface area contributed by atoms with Gasteiger partial charge in [-0.05, 0) is 30.2 Å². The van der Waals surface area contributed by atoms with Crippen molar-refractivity contribution in [2.24, 2.45) is 0 Å². The molecule has 5 rings (SSSR count). The van der Waals surface area contributed by atoms with E-state index in [1.807, 2.05) is 97.9 Å². The van der Waals surface area contributed by atoms with Crippen molar-refractivity contribution < 1.29 is 4.74 Å². The fourth-order valence-corrected chi connectivity index (χ4v) is 3.95. The molecule has 5 aromatic rings. The van der Waals surface area contributed by atoms with Gasteiger partial charge in [-0.1, -0.05) is 78.9 Å². The Balaban J connectivity index is 1.63. The molecule has 0 aliphatic rings. The molecule has 0 spiro atoms. The van der Waals surface area contributed by atoms with Crippen LogP contribution in [0.5, 0.6) is 5.75 Å². The third kappa shape index (κ3) is 3.81. The smallest absolute Gasteiger partial charge is 0.276 e. The molecule has 0 bridgehead atoms. The van der Waals surface area contributed by atoms with Crippen molar-refractivity contribution in [1.82, 2.24) is 14.6 Å². The van der Waals surface area contributed by atoms with Gasteiger partial charge in [-0.15, -0.1) is 0 Å². The van der Waals surface area contributed by atoms with Crippen LogP contribution in [0.1, 0.15) is 22.5 Å². The SMILES string of the molecule is Cc1nc2c(-c3ccccc3)c(COc3ccccc3)[nH]n2c(=O)c1Cc1ccccc1. The number of nitrogens with one attached hydrogen (secondary N) is 1. The number of hydrogen-bond donors (Lipinski definition) is 1. The summed E-state index contributed by atoms with van der Waals surface area (Å²) in [4.78, 5) is 18.3. The zero-order valence-electron chi connectivity index (χ0n) is 17.8. The molecule has 158 valence electrons. The van der Waals surface area contributed by atoms with Gasteiger partial charge in [0.1, 0.15) is 12.4 Å². The van der Waals surface area contributed by atoms with E-state index in [1.54, 1.807) is 4.52 Å². The Bertz CT molecular complexity index is 1410. The van der Waals surface area contributed by atoms with Gasteiger partial charge < -0.3 is 4.74 Å². The van der Waals surface area contributed by atoms with E-state index < -0.39 is 0 Å². The number of aromatic amines is 1. The lowest BCUT2D eigenvalue weighted by atomic mass is 10.0. The number of H-pyrrole nitrogens is 1. The van der Waals surface area contributed by atoms with Gasteiger partial charge in [0.2, 0.25) is 0 Å². The molecule has 5 heteroatoms. The summed E-state index contributed by atoms with van der Waals surface area (Å²) in [6, 6.07) is 29.6. The van der Waals surface area contributed by atoms with Gasteiger partial charge in [0, 0.05) is 17.7 Å². The van der Waals surface area contributed by atoms with Gasteiger partial charge in [-0.25, -0.2) is 9.50 Å². The lowest BCUT2D eigenvalue weighted by Crippen LogP contribution is -2.22. The van der Waals surface area contributed by atoms with Crippen molar-refractivity contribution in [2.45, 2.75) is 20.0 Å². The molecule has 0 unspecified atom stereocenters. The molecule has 32 heavy (non-hydrogen) atoms. The summed E-state index contributed by atoms with van der Waals surface area (Å²) in [7, 11) is 0. The lowest BCUT2D eigenvalue weighted by Gasteiger charge is -2.07. The summed E-state index contributed by atoms with van der Waals surface area (Å²) in [6.07, 6.45) is 0.539. The Morgan fingerprint density at radius 3 is 2.19 bits per heavy atom. The number of benzene rings is 3. The summed E-state index contributed by atoms with van der Waals surface area (Å²) in [5, 5.41) is 3.27.